The van der Waals surface area contributed by atoms with Crippen LogP contribution < -0.4 is 5.32 Å². The second kappa shape index (κ2) is 4.83. The van der Waals surface area contributed by atoms with Gasteiger partial charge in [0.05, 0.1) is 6.92 Å². The van der Waals surface area contributed by atoms with Gasteiger partial charge < -0.3 is 0 Å². The minimum atomic E-state index is 0.855. The lowest BCUT2D eigenvalue weighted by molar-refractivity contribution is 0.728. The molecule has 36 valence electrons. The Balaban J connectivity index is 2.34. The van der Waals surface area contributed by atoms with Crippen LogP contribution in [-0.4, -0.2) is 13.1 Å². The third-order valence-electron chi connectivity index (χ3n) is 0.604. The summed E-state index contributed by atoms with van der Waals surface area (Å²) in [6.45, 7) is 7.71. The van der Waals surface area contributed by atoms with Crippen molar-refractivity contribution in [2.75, 3.05) is 13.1 Å². The van der Waals surface area contributed by atoms with Crippen LogP contribution in [0.5, 0.6) is 0 Å². The first kappa shape index (κ1) is 5.83. The molecule has 0 rings (SSSR count). The fraction of sp³-hybridized carbons (Fsp3) is 0.800. The Hall–Kier alpha value is -0.170. The molecule has 0 saturated carbocycles. The van der Waals surface area contributed by atoms with Gasteiger partial charge in [-0.3, -0.25) is 5.32 Å². The zero-order valence-corrected chi connectivity index (χ0v) is 4.33. The third-order valence-corrected chi connectivity index (χ3v) is 0.604. The van der Waals surface area contributed by atoms with Gasteiger partial charge in [0.1, 0.15) is 6.54 Å². The van der Waals surface area contributed by atoms with Crippen LogP contribution in [0.2, 0.25) is 0 Å². The maximum absolute atomic E-state index is 3.61. The Bertz CT molecular complexity index is 15.9. The Kier molecular flexibility index (Phi) is 4.69. The molecule has 0 spiro atoms. The number of hydrogen-bond donors (Lipinski definition) is 1. The highest BCUT2D eigenvalue weighted by Crippen LogP contribution is 1.65. The van der Waals surface area contributed by atoms with E-state index in [9.17, 15) is 0 Å². The second-order valence-electron chi connectivity index (χ2n) is 1.25. The fourth-order valence-electron chi connectivity index (χ4n) is 0.302. The van der Waals surface area contributed by atoms with E-state index in [1.807, 2.05) is 0 Å². The summed E-state index contributed by atoms with van der Waals surface area (Å²) in [6, 6.07) is 0. The van der Waals surface area contributed by atoms with Crippen molar-refractivity contribution in [3.63, 3.8) is 0 Å². The van der Waals surface area contributed by atoms with Crippen molar-refractivity contribution in [1.29, 1.82) is 0 Å². The lowest BCUT2D eigenvalue weighted by Gasteiger charge is -1.87. The van der Waals surface area contributed by atoms with Gasteiger partial charge in [-0.05, 0) is 13.0 Å². The average Bonchev–Trinajstić information content (AvgIpc) is 1.61. The number of hydrogen-bond acceptors (Lipinski definition) is 1. The van der Waals surface area contributed by atoms with Gasteiger partial charge in [0, 0.05) is 0 Å². The number of nitrogens with one attached hydrogen (secondary N) is 1. The summed E-state index contributed by atoms with van der Waals surface area (Å²) in [5, 5.41) is 3.09. The van der Waals surface area contributed by atoms with E-state index in [0.717, 1.165) is 13.1 Å². The molecule has 0 amide bonds. The molecule has 1 nitrogen and oxygen atoms in total. The highest BCUT2D eigenvalue weighted by atomic mass is 14.8. The zero-order chi connectivity index (χ0) is 4.83. The molecule has 0 aromatic carbocycles. The molecule has 0 fully saturated rings. The molecule has 6 heavy (non-hydrogen) atoms. The lowest BCUT2D eigenvalue weighted by atomic mass is 10.5. The summed E-state index contributed by atoms with van der Waals surface area (Å²) < 4.78 is 0. The van der Waals surface area contributed by atoms with Crippen LogP contribution in [0.1, 0.15) is 13.3 Å². The standard InChI is InChI=1S/C5H12N/c1-3-5-6-4-2/h6H,2-5H2,1H3/q+1. The Morgan fingerprint density at radius 2 is 2.33 bits per heavy atom. The van der Waals surface area contributed by atoms with Gasteiger partial charge >= 0.3 is 0 Å². The molecular weight excluding hydrogens is 74.1 g/mol. The van der Waals surface area contributed by atoms with Crippen molar-refractivity contribution in [1.82, 2.24) is 5.32 Å². The molecule has 0 aliphatic rings. The summed E-state index contributed by atoms with van der Waals surface area (Å²) >= 11 is 0. The zero-order valence-electron chi connectivity index (χ0n) is 4.33. The highest BCUT2D eigenvalue weighted by molar-refractivity contribution is 4.43. The van der Waals surface area contributed by atoms with Crippen molar-refractivity contribution in [3.05, 3.63) is 6.92 Å². The first-order valence-corrected chi connectivity index (χ1v) is 2.41. The average molecular weight is 86.2 g/mol. The second-order valence-corrected chi connectivity index (χ2v) is 1.25. The molecular formula is C5H12N+. The third kappa shape index (κ3) is 3.83. The molecule has 1 N–H and O–H groups in total. The fourth-order valence-corrected chi connectivity index (χ4v) is 0.302. The van der Waals surface area contributed by atoms with Gasteiger partial charge in [0.25, 0.3) is 0 Å². The minimum absolute atomic E-state index is 0.855. The summed E-state index contributed by atoms with van der Waals surface area (Å²) in [5.41, 5.74) is 0. The van der Waals surface area contributed by atoms with E-state index in [4.69, 9.17) is 0 Å². The van der Waals surface area contributed by atoms with Crippen LogP contribution >= 0.6 is 0 Å². The smallest absolute Gasteiger partial charge is 0.136 e. The molecule has 0 aliphatic heterocycles. The van der Waals surface area contributed by atoms with Crippen LogP contribution in [0.4, 0.5) is 0 Å². The Morgan fingerprint density at radius 3 is 2.50 bits per heavy atom. The first-order chi connectivity index (χ1) is 2.91. The van der Waals surface area contributed by atoms with Gasteiger partial charge in [-0.15, -0.1) is 0 Å². The minimum Gasteiger partial charge on any atom is -0.279 e. The molecule has 0 radical (unpaired) electrons. The molecule has 0 aliphatic carbocycles. The van der Waals surface area contributed by atoms with E-state index < -0.39 is 0 Å². The van der Waals surface area contributed by atoms with Crippen molar-refractivity contribution in [2.45, 2.75) is 13.3 Å². The SMILES string of the molecule is [CH2+]CNCCC. The first-order valence-electron chi connectivity index (χ1n) is 2.41. The molecule has 0 heterocycles. The quantitative estimate of drug-likeness (QED) is 0.396. The molecule has 1 heteroatoms. The molecule has 0 saturated heterocycles. The predicted molar refractivity (Wildman–Crippen MR) is 28.5 cm³/mol. The van der Waals surface area contributed by atoms with Gasteiger partial charge in [0.2, 0.25) is 0 Å². The summed E-state index contributed by atoms with van der Waals surface area (Å²) in [6.07, 6.45) is 1.20. The van der Waals surface area contributed by atoms with Crippen LogP contribution in [0.15, 0.2) is 0 Å². The highest BCUT2D eigenvalue weighted by Gasteiger charge is 1.76. The Morgan fingerprint density at radius 1 is 1.67 bits per heavy atom. The van der Waals surface area contributed by atoms with Crippen LogP contribution in [0.25, 0.3) is 0 Å². The van der Waals surface area contributed by atoms with E-state index in [2.05, 4.69) is 19.2 Å². The lowest BCUT2D eigenvalue weighted by Crippen LogP contribution is -2.12. The van der Waals surface area contributed by atoms with Crippen LogP contribution in [0.3, 0.4) is 0 Å². The predicted octanol–water partition coefficient (Wildman–Crippen LogP) is 0.820. The summed E-state index contributed by atoms with van der Waals surface area (Å²) in [5.74, 6) is 0. The molecule has 0 aromatic heterocycles. The normalized spacial score (nSPS) is 8.83. The van der Waals surface area contributed by atoms with Gasteiger partial charge in [-0.1, -0.05) is 6.92 Å². The summed E-state index contributed by atoms with van der Waals surface area (Å²) in [7, 11) is 0. The van der Waals surface area contributed by atoms with Crippen molar-refractivity contribution in [3.8, 4) is 0 Å². The van der Waals surface area contributed by atoms with Crippen LogP contribution in [0, 0.1) is 6.92 Å². The van der Waals surface area contributed by atoms with Gasteiger partial charge in [-0.2, -0.15) is 0 Å². The van der Waals surface area contributed by atoms with Crippen molar-refractivity contribution in [2.24, 2.45) is 0 Å². The number of rotatable bonds is 3. The summed E-state index contributed by atoms with van der Waals surface area (Å²) in [4.78, 5) is 0. The molecule has 0 bridgehead atoms. The maximum Gasteiger partial charge on any atom is 0.136 e. The van der Waals surface area contributed by atoms with E-state index in [1.165, 1.54) is 6.42 Å². The van der Waals surface area contributed by atoms with Gasteiger partial charge in [0.15, 0.2) is 0 Å². The van der Waals surface area contributed by atoms with E-state index >= 15 is 0 Å². The van der Waals surface area contributed by atoms with E-state index in [-0.39, 0.29) is 0 Å². The van der Waals surface area contributed by atoms with E-state index in [1.54, 1.807) is 0 Å². The monoisotopic (exact) mass is 86.1 g/mol. The maximum atomic E-state index is 3.61. The van der Waals surface area contributed by atoms with Gasteiger partial charge in [-0.25, -0.2) is 0 Å². The topological polar surface area (TPSA) is 12.0 Å². The largest absolute Gasteiger partial charge is 0.279 e. The molecule has 0 aromatic rings. The molecule has 0 atom stereocenters. The van der Waals surface area contributed by atoms with Crippen molar-refractivity contribution >= 4 is 0 Å². The van der Waals surface area contributed by atoms with Crippen LogP contribution in [-0.2, 0) is 0 Å². The Labute approximate surface area is 39.7 Å². The molecule has 0 unspecified atom stereocenters. The van der Waals surface area contributed by atoms with E-state index in [0.29, 0.717) is 0 Å². The van der Waals surface area contributed by atoms with Crippen molar-refractivity contribution < 1.29 is 0 Å².